The van der Waals surface area contributed by atoms with Crippen LogP contribution in [0.1, 0.15) is 34.3 Å². The van der Waals surface area contributed by atoms with Crippen LogP contribution in [0.15, 0.2) is 65.2 Å². The van der Waals surface area contributed by atoms with E-state index in [1.165, 1.54) is 13.0 Å². The van der Waals surface area contributed by atoms with E-state index in [9.17, 15) is 14.4 Å². The maximum absolute atomic E-state index is 12.9. The van der Waals surface area contributed by atoms with Gasteiger partial charge in [0.05, 0.1) is 7.11 Å². The Kier molecular flexibility index (Phi) is 8.39. The van der Waals surface area contributed by atoms with Crippen LogP contribution in [0.25, 0.3) is 0 Å². The summed E-state index contributed by atoms with van der Waals surface area (Å²) in [4.78, 5) is 38.0. The van der Waals surface area contributed by atoms with Crippen molar-refractivity contribution in [1.29, 1.82) is 0 Å². The second kappa shape index (κ2) is 11.6. The van der Waals surface area contributed by atoms with E-state index < -0.39 is 29.9 Å². The number of esters is 1. The summed E-state index contributed by atoms with van der Waals surface area (Å²) in [5.74, 6) is -0.529. The fourth-order valence-electron chi connectivity index (χ4n) is 3.13. The normalized spacial score (nSPS) is 12.3. The number of hydrogen-bond acceptors (Lipinski definition) is 7. The van der Waals surface area contributed by atoms with Gasteiger partial charge < -0.3 is 24.6 Å². The van der Waals surface area contributed by atoms with Gasteiger partial charge in [-0.15, -0.1) is 0 Å². The molecule has 2 unspecified atom stereocenters. The molecule has 0 aliphatic carbocycles. The molecule has 0 aliphatic heterocycles. The zero-order valence-electron chi connectivity index (χ0n) is 19.2. The Morgan fingerprint density at radius 3 is 2.32 bits per heavy atom. The molecule has 1 heterocycles. The number of ether oxygens (including phenoxy) is 2. The number of benzene rings is 2. The van der Waals surface area contributed by atoms with Crippen LogP contribution in [0, 0.1) is 6.92 Å². The zero-order valence-corrected chi connectivity index (χ0v) is 19.2. The molecule has 3 rings (SSSR count). The molecule has 3 aromatic rings. The fraction of sp³-hybridized carbons (Fsp3) is 0.280. The van der Waals surface area contributed by atoms with Crippen molar-refractivity contribution in [2.45, 2.75) is 39.0 Å². The van der Waals surface area contributed by atoms with Gasteiger partial charge in [-0.3, -0.25) is 9.59 Å². The zero-order chi connectivity index (χ0) is 24.5. The molecule has 2 N–H and O–H groups in total. The van der Waals surface area contributed by atoms with Crippen LogP contribution in [-0.2, 0) is 27.4 Å². The first-order valence-corrected chi connectivity index (χ1v) is 10.7. The van der Waals surface area contributed by atoms with E-state index in [0.29, 0.717) is 11.5 Å². The van der Waals surface area contributed by atoms with Crippen molar-refractivity contribution in [3.63, 3.8) is 0 Å². The second-order valence-corrected chi connectivity index (χ2v) is 7.72. The van der Waals surface area contributed by atoms with Crippen molar-refractivity contribution in [2.75, 3.05) is 7.11 Å². The molecule has 178 valence electrons. The number of nitrogens with zero attached hydrogens (tertiary/aromatic N) is 1. The highest BCUT2D eigenvalue weighted by Crippen LogP contribution is 2.14. The Balaban J connectivity index is 1.67. The van der Waals surface area contributed by atoms with Gasteiger partial charge in [0.1, 0.15) is 30.2 Å². The molecule has 34 heavy (non-hydrogen) atoms. The topological polar surface area (TPSA) is 120 Å². The van der Waals surface area contributed by atoms with Gasteiger partial charge in [-0.25, -0.2) is 4.79 Å². The summed E-state index contributed by atoms with van der Waals surface area (Å²) in [5, 5.41) is 8.87. The lowest BCUT2D eigenvalue weighted by molar-refractivity contribution is -0.149. The third kappa shape index (κ3) is 6.93. The van der Waals surface area contributed by atoms with E-state index in [2.05, 4.69) is 15.8 Å². The standard InChI is InChI=1S/C25H27N3O6/c1-16-13-21(28-34-16)24(30)26-17(2)23(29)27-22(14-18-9-11-20(32-3)12-10-18)25(31)33-15-19-7-5-4-6-8-19/h4-13,17,22H,14-15H2,1-3H3,(H,26,30)(H,27,29). The molecule has 9 heteroatoms. The number of carbonyl (C=O) groups excluding carboxylic acids is 3. The lowest BCUT2D eigenvalue weighted by Crippen LogP contribution is -2.51. The quantitative estimate of drug-likeness (QED) is 0.442. The van der Waals surface area contributed by atoms with Crippen molar-refractivity contribution in [3.05, 3.63) is 83.2 Å². The SMILES string of the molecule is COc1ccc(CC(NC(=O)C(C)NC(=O)c2cc(C)on2)C(=O)OCc2ccccc2)cc1. The number of aryl methyl sites for hydroxylation is 1. The molecule has 0 bridgehead atoms. The second-order valence-electron chi connectivity index (χ2n) is 7.72. The van der Waals surface area contributed by atoms with E-state index in [-0.39, 0.29) is 18.7 Å². The highest BCUT2D eigenvalue weighted by atomic mass is 16.5. The molecule has 0 fully saturated rings. The van der Waals surface area contributed by atoms with Gasteiger partial charge in [0.25, 0.3) is 5.91 Å². The van der Waals surface area contributed by atoms with Gasteiger partial charge in [-0.1, -0.05) is 47.6 Å². The van der Waals surface area contributed by atoms with Crippen LogP contribution in [0.2, 0.25) is 0 Å². The minimum Gasteiger partial charge on any atom is -0.497 e. The number of hydrogen-bond donors (Lipinski definition) is 2. The van der Waals surface area contributed by atoms with Crippen molar-refractivity contribution < 1.29 is 28.4 Å². The minimum absolute atomic E-state index is 0.0641. The highest BCUT2D eigenvalue weighted by molar-refractivity contribution is 5.96. The van der Waals surface area contributed by atoms with E-state index in [1.54, 1.807) is 38.3 Å². The average Bonchev–Trinajstić information content (AvgIpc) is 3.29. The molecule has 2 aromatic carbocycles. The predicted molar refractivity (Wildman–Crippen MR) is 123 cm³/mol. The summed E-state index contributed by atoms with van der Waals surface area (Å²) < 4.78 is 15.5. The van der Waals surface area contributed by atoms with Gasteiger partial charge >= 0.3 is 5.97 Å². The predicted octanol–water partition coefficient (Wildman–Crippen LogP) is 2.58. The third-order valence-electron chi connectivity index (χ3n) is 5.03. The van der Waals surface area contributed by atoms with E-state index in [1.807, 2.05) is 30.3 Å². The van der Waals surface area contributed by atoms with Crippen molar-refractivity contribution in [2.24, 2.45) is 0 Å². The molecular weight excluding hydrogens is 438 g/mol. The smallest absolute Gasteiger partial charge is 0.329 e. The average molecular weight is 466 g/mol. The Hall–Kier alpha value is -4.14. The number of rotatable bonds is 10. The number of aromatic nitrogens is 1. The molecule has 0 saturated heterocycles. The van der Waals surface area contributed by atoms with Crippen LogP contribution < -0.4 is 15.4 Å². The van der Waals surface area contributed by atoms with Gasteiger partial charge in [0, 0.05) is 12.5 Å². The van der Waals surface area contributed by atoms with Crippen molar-refractivity contribution in [1.82, 2.24) is 15.8 Å². The summed E-state index contributed by atoms with van der Waals surface area (Å²) in [6, 6.07) is 16.0. The third-order valence-corrected chi connectivity index (χ3v) is 5.03. The number of methoxy groups -OCH3 is 1. The Morgan fingerprint density at radius 2 is 1.71 bits per heavy atom. The minimum atomic E-state index is -0.960. The van der Waals surface area contributed by atoms with Crippen LogP contribution in [0.3, 0.4) is 0 Å². The number of amides is 2. The molecule has 2 atom stereocenters. The van der Waals surface area contributed by atoms with E-state index >= 15 is 0 Å². The van der Waals surface area contributed by atoms with E-state index in [0.717, 1.165) is 11.1 Å². The summed E-state index contributed by atoms with van der Waals surface area (Å²) in [7, 11) is 1.56. The Bertz CT molecular complexity index is 1110. The molecule has 1 aromatic heterocycles. The van der Waals surface area contributed by atoms with E-state index in [4.69, 9.17) is 14.0 Å². The molecular formula is C25H27N3O6. The molecule has 0 radical (unpaired) electrons. The molecule has 0 saturated carbocycles. The number of carbonyl (C=O) groups is 3. The lowest BCUT2D eigenvalue weighted by atomic mass is 10.1. The fourth-order valence-corrected chi connectivity index (χ4v) is 3.13. The summed E-state index contributed by atoms with van der Waals surface area (Å²) in [5.41, 5.74) is 1.70. The maximum atomic E-state index is 12.9. The highest BCUT2D eigenvalue weighted by Gasteiger charge is 2.26. The molecule has 2 amide bonds. The largest absolute Gasteiger partial charge is 0.497 e. The van der Waals surface area contributed by atoms with Crippen LogP contribution in [0.5, 0.6) is 5.75 Å². The summed E-state index contributed by atoms with van der Waals surface area (Å²) in [6.07, 6.45) is 0.201. The number of nitrogens with one attached hydrogen (secondary N) is 2. The molecule has 0 aliphatic rings. The summed E-state index contributed by atoms with van der Waals surface area (Å²) >= 11 is 0. The van der Waals surface area contributed by atoms with Gasteiger partial charge in [-0.2, -0.15) is 0 Å². The first-order valence-electron chi connectivity index (χ1n) is 10.7. The summed E-state index contributed by atoms with van der Waals surface area (Å²) in [6.45, 7) is 3.25. The lowest BCUT2D eigenvalue weighted by Gasteiger charge is -2.21. The maximum Gasteiger partial charge on any atom is 0.329 e. The Labute approximate surface area is 197 Å². The van der Waals surface area contributed by atoms with Gasteiger partial charge in [0.15, 0.2) is 5.69 Å². The Morgan fingerprint density at radius 1 is 1.00 bits per heavy atom. The first-order chi connectivity index (χ1) is 16.4. The van der Waals surface area contributed by atoms with Crippen LogP contribution in [0.4, 0.5) is 0 Å². The van der Waals surface area contributed by atoms with Crippen molar-refractivity contribution >= 4 is 17.8 Å². The van der Waals surface area contributed by atoms with Crippen LogP contribution >= 0.6 is 0 Å². The monoisotopic (exact) mass is 465 g/mol. The van der Waals surface area contributed by atoms with Crippen LogP contribution in [-0.4, -0.2) is 42.1 Å². The first kappa shape index (κ1) is 24.5. The van der Waals surface area contributed by atoms with Crippen molar-refractivity contribution in [3.8, 4) is 5.75 Å². The van der Waals surface area contributed by atoms with Gasteiger partial charge in [-0.05, 0) is 37.1 Å². The molecule has 0 spiro atoms. The van der Waals surface area contributed by atoms with Gasteiger partial charge in [0.2, 0.25) is 5.91 Å². The molecule has 9 nitrogen and oxygen atoms in total.